The highest BCUT2D eigenvalue weighted by atomic mass is 35.5. The molecule has 0 aliphatic carbocycles. The summed E-state index contributed by atoms with van der Waals surface area (Å²) in [5.41, 5.74) is -0.354. The summed E-state index contributed by atoms with van der Waals surface area (Å²) in [5.74, 6) is -2.27. The molecule has 112 valence electrons. The maximum atomic E-state index is 13.1. The molecule has 2 N–H and O–H groups in total. The fourth-order valence-corrected chi connectivity index (χ4v) is 2.69. The predicted octanol–water partition coefficient (Wildman–Crippen LogP) is 1.88. The molecule has 0 aromatic heterocycles. The van der Waals surface area contributed by atoms with E-state index in [2.05, 4.69) is 4.74 Å². The molecular weight excluding hydrogens is 313 g/mol. The number of benzene rings is 1. The number of nitrogens with one attached hydrogen (secondary N) is 1. The van der Waals surface area contributed by atoms with E-state index in [4.69, 9.17) is 11.6 Å². The van der Waals surface area contributed by atoms with Gasteiger partial charge in [0.1, 0.15) is 5.82 Å². The first-order chi connectivity index (χ1) is 9.25. The molecule has 0 saturated heterocycles. The molecule has 0 aliphatic heterocycles. The Morgan fingerprint density at radius 1 is 1.50 bits per heavy atom. The molecule has 1 aromatic rings. The summed E-state index contributed by atoms with van der Waals surface area (Å²) in [5, 5.41) is 9.23. The van der Waals surface area contributed by atoms with Crippen LogP contribution in [0.3, 0.4) is 0 Å². The molecule has 9 heteroatoms. The first-order valence-corrected chi connectivity index (χ1v) is 7.53. The summed E-state index contributed by atoms with van der Waals surface area (Å²) < 4.78 is 42.9. The van der Waals surface area contributed by atoms with Crippen LogP contribution < -0.4 is 4.72 Å². The smallest absolute Gasteiger partial charge is 0.305 e. The number of esters is 1. The number of anilines is 1. The van der Waals surface area contributed by atoms with Crippen molar-refractivity contribution in [1.29, 1.82) is 0 Å². The minimum absolute atomic E-state index is 0.0335. The average Bonchev–Trinajstić information content (AvgIpc) is 2.34. The molecule has 0 aliphatic rings. The number of aromatic hydroxyl groups is 1. The highest BCUT2D eigenvalue weighted by molar-refractivity contribution is 7.92. The Morgan fingerprint density at radius 2 is 2.15 bits per heavy atom. The van der Waals surface area contributed by atoms with Gasteiger partial charge >= 0.3 is 5.97 Å². The first kappa shape index (κ1) is 16.5. The monoisotopic (exact) mass is 325 g/mol. The van der Waals surface area contributed by atoms with Gasteiger partial charge in [0.2, 0.25) is 10.0 Å². The molecule has 0 heterocycles. The topological polar surface area (TPSA) is 92.7 Å². The van der Waals surface area contributed by atoms with Gasteiger partial charge in [-0.25, -0.2) is 12.8 Å². The van der Waals surface area contributed by atoms with E-state index < -0.39 is 27.6 Å². The van der Waals surface area contributed by atoms with Crippen molar-refractivity contribution in [3.05, 3.63) is 23.0 Å². The zero-order valence-corrected chi connectivity index (χ0v) is 12.1. The second-order valence-corrected chi connectivity index (χ2v) is 6.13. The number of halogens is 2. The largest absolute Gasteiger partial charge is 0.504 e. The van der Waals surface area contributed by atoms with Gasteiger partial charge in [-0.15, -0.1) is 0 Å². The van der Waals surface area contributed by atoms with Gasteiger partial charge in [0.15, 0.2) is 5.75 Å². The van der Waals surface area contributed by atoms with E-state index in [1.807, 2.05) is 4.72 Å². The molecule has 0 unspecified atom stereocenters. The van der Waals surface area contributed by atoms with Crippen molar-refractivity contribution >= 4 is 33.3 Å². The van der Waals surface area contributed by atoms with E-state index in [1.165, 1.54) is 7.11 Å². The Morgan fingerprint density at radius 3 is 2.75 bits per heavy atom. The SMILES string of the molecule is COC(=O)CCCS(=O)(=O)Nc1cc(F)cc(Cl)c1O. The number of phenols is 1. The number of rotatable bonds is 6. The van der Waals surface area contributed by atoms with Gasteiger partial charge in [-0.05, 0) is 12.5 Å². The van der Waals surface area contributed by atoms with E-state index in [0.717, 1.165) is 12.1 Å². The summed E-state index contributed by atoms with van der Waals surface area (Å²) in [7, 11) is -2.64. The van der Waals surface area contributed by atoms with Crippen LogP contribution in [0.25, 0.3) is 0 Å². The van der Waals surface area contributed by atoms with Gasteiger partial charge in [-0.2, -0.15) is 0 Å². The van der Waals surface area contributed by atoms with Gasteiger partial charge in [-0.1, -0.05) is 11.6 Å². The number of ether oxygens (including phenoxy) is 1. The van der Waals surface area contributed by atoms with Crippen LogP contribution in [0.1, 0.15) is 12.8 Å². The number of carbonyl (C=O) groups is 1. The molecule has 1 rings (SSSR count). The van der Waals surface area contributed by atoms with Crippen LogP contribution in [-0.2, 0) is 19.6 Å². The average molecular weight is 326 g/mol. The van der Waals surface area contributed by atoms with Crippen LogP contribution in [0.2, 0.25) is 5.02 Å². The van der Waals surface area contributed by atoms with Gasteiger partial charge in [-0.3, -0.25) is 9.52 Å². The Bertz CT molecular complexity index is 605. The molecule has 0 atom stereocenters. The Balaban J connectivity index is 2.74. The lowest BCUT2D eigenvalue weighted by Crippen LogP contribution is -2.18. The van der Waals surface area contributed by atoms with Crippen LogP contribution in [0.5, 0.6) is 5.75 Å². The molecule has 0 saturated carbocycles. The Kier molecular flexibility index (Phi) is 5.58. The molecule has 1 aromatic carbocycles. The quantitative estimate of drug-likeness (QED) is 0.615. The summed E-state index contributed by atoms with van der Waals surface area (Å²) in [6.07, 6.45) is -0.0287. The third-order valence-electron chi connectivity index (χ3n) is 2.32. The first-order valence-electron chi connectivity index (χ1n) is 5.50. The molecule has 0 amide bonds. The van der Waals surface area contributed by atoms with Crippen molar-refractivity contribution in [1.82, 2.24) is 0 Å². The molecular formula is C11H13ClFNO5S. The maximum absolute atomic E-state index is 13.1. The summed E-state index contributed by atoms with van der Waals surface area (Å²) in [6, 6.07) is 1.66. The third-order valence-corrected chi connectivity index (χ3v) is 3.96. The molecule has 0 spiro atoms. The Hall–Kier alpha value is -1.54. The Labute approximate surface area is 120 Å². The summed E-state index contributed by atoms with van der Waals surface area (Å²) >= 11 is 5.53. The number of hydrogen-bond donors (Lipinski definition) is 2. The lowest BCUT2D eigenvalue weighted by Gasteiger charge is -2.10. The number of hydrogen-bond acceptors (Lipinski definition) is 5. The number of sulfonamides is 1. The van der Waals surface area contributed by atoms with Crippen LogP contribution in [0.15, 0.2) is 12.1 Å². The molecule has 6 nitrogen and oxygen atoms in total. The highest BCUT2D eigenvalue weighted by Crippen LogP contribution is 2.33. The van der Waals surface area contributed by atoms with Crippen molar-refractivity contribution in [2.24, 2.45) is 0 Å². The minimum Gasteiger partial charge on any atom is -0.504 e. The van der Waals surface area contributed by atoms with Gasteiger partial charge in [0.05, 0.1) is 23.6 Å². The highest BCUT2D eigenvalue weighted by Gasteiger charge is 2.16. The molecule has 20 heavy (non-hydrogen) atoms. The predicted molar refractivity (Wildman–Crippen MR) is 71.7 cm³/mol. The van der Waals surface area contributed by atoms with Crippen LogP contribution in [0, 0.1) is 5.82 Å². The fourth-order valence-electron chi connectivity index (χ4n) is 1.37. The van der Waals surface area contributed by atoms with Gasteiger partial charge < -0.3 is 9.84 Å². The van der Waals surface area contributed by atoms with E-state index in [-0.39, 0.29) is 29.3 Å². The van der Waals surface area contributed by atoms with Crippen molar-refractivity contribution in [2.75, 3.05) is 17.6 Å². The zero-order chi connectivity index (χ0) is 15.3. The molecule has 0 bridgehead atoms. The van der Waals surface area contributed by atoms with Crippen molar-refractivity contribution in [3.63, 3.8) is 0 Å². The second kappa shape index (κ2) is 6.76. The van der Waals surface area contributed by atoms with Crippen LogP contribution in [0.4, 0.5) is 10.1 Å². The van der Waals surface area contributed by atoms with Crippen LogP contribution >= 0.6 is 11.6 Å². The van der Waals surface area contributed by atoms with E-state index in [1.54, 1.807) is 0 Å². The second-order valence-electron chi connectivity index (χ2n) is 3.88. The lowest BCUT2D eigenvalue weighted by atomic mass is 10.3. The third kappa shape index (κ3) is 4.86. The van der Waals surface area contributed by atoms with Crippen molar-refractivity contribution in [3.8, 4) is 5.75 Å². The maximum Gasteiger partial charge on any atom is 0.305 e. The summed E-state index contributed by atoms with van der Waals surface area (Å²) in [4.78, 5) is 10.9. The van der Waals surface area contributed by atoms with Gasteiger partial charge in [0, 0.05) is 12.5 Å². The van der Waals surface area contributed by atoms with Crippen molar-refractivity contribution < 1.29 is 27.4 Å². The zero-order valence-electron chi connectivity index (χ0n) is 10.5. The number of phenolic OH excluding ortho intramolecular Hbond substituents is 1. The number of methoxy groups -OCH3 is 1. The van der Waals surface area contributed by atoms with Gasteiger partial charge in [0.25, 0.3) is 0 Å². The standard InChI is InChI=1S/C11H13ClFNO5S/c1-19-10(15)3-2-4-20(17,18)14-9-6-7(13)5-8(12)11(9)16/h5-6,14,16H,2-4H2,1H3. The van der Waals surface area contributed by atoms with E-state index in [0.29, 0.717) is 0 Å². The molecule has 0 fully saturated rings. The van der Waals surface area contributed by atoms with E-state index in [9.17, 15) is 22.7 Å². The van der Waals surface area contributed by atoms with E-state index >= 15 is 0 Å². The number of carbonyl (C=O) groups excluding carboxylic acids is 1. The van der Waals surface area contributed by atoms with Crippen LogP contribution in [-0.4, -0.2) is 32.4 Å². The fraction of sp³-hybridized carbons (Fsp3) is 0.364. The normalized spacial score (nSPS) is 11.2. The lowest BCUT2D eigenvalue weighted by molar-refractivity contribution is -0.140. The van der Waals surface area contributed by atoms with Crippen molar-refractivity contribution in [2.45, 2.75) is 12.8 Å². The minimum atomic E-state index is -3.84. The molecule has 0 radical (unpaired) electrons. The summed E-state index contributed by atoms with van der Waals surface area (Å²) in [6.45, 7) is 0.